The van der Waals surface area contributed by atoms with E-state index in [1.165, 1.54) is 4.90 Å². The van der Waals surface area contributed by atoms with Crippen LogP contribution >= 0.6 is 15.9 Å². The summed E-state index contributed by atoms with van der Waals surface area (Å²) in [5, 5.41) is 8.62. The maximum Gasteiger partial charge on any atom is 0.305 e. The molecule has 94 valence electrons. The molecule has 0 aliphatic heterocycles. The van der Waals surface area contributed by atoms with E-state index < -0.39 is 5.97 Å². The summed E-state index contributed by atoms with van der Waals surface area (Å²) in [7, 11) is 0. The molecule has 0 saturated carbocycles. The van der Waals surface area contributed by atoms with E-state index >= 15 is 0 Å². The van der Waals surface area contributed by atoms with Gasteiger partial charge in [0.25, 0.3) is 5.91 Å². The van der Waals surface area contributed by atoms with Crippen LogP contribution in [0.5, 0.6) is 0 Å². The fourth-order valence-corrected chi connectivity index (χ4v) is 1.71. The summed E-state index contributed by atoms with van der Waals surface area (Å²) in [4.78, 5) is 24.0. The molecule has 0 aliphatic rings. The maximum atomic E-state index is 12.0. The Bertz CT molecular complexity index is 402. The molecule has 6 heteroatoms. The maximum absolute atomic E-state index is 12.0. The molecular weight excluding hydrogens is 290 g/mol. The summed E-state index contributed by atoms with van der Waals surface area (Å²) in [5.41, 5.74) is 0. The van der Waals surface area contributed by atoms with E-state index in [0.717, 1.165) is 6.42 Å². The minimum Gasteiger partial charge on any atom is -0.481 e. The van der Waals surface area contributed by atoms with Crippen molar-refractivity contribution in [2.45, 2.75) is 19.8 Å². The monoisotopic (exact) mass is 303 g/mol. The van der Waals surface area contributed by atoms with Crippen molar-refractivity contribution in [1.82, 2.24) is 4.90 Å². The largest absolute Gasteiger partial charge is 0.481 e. The van der Waals surface area contributed by atoms with Crippen LogP contribution in [-0.2, 0) is 4.79 Å². The molecule has 1 aromatic rings. The lowest BCUT2D eigenvalue weighted by Gasteiger charge is -2.19. The number of carboxylic acids is 1. The normalized spacial score (nSPS) is 10.2. The first-order chi connectivity index (χ1) is 8.04. The lowest BCUT2D eigenvalue weighted by atomic mass is 10.3. The molecule has 0 radical (unpaired) electrons. The zero-order chi connectivity index (χ0) is 12.8. The lowest BCUT2D eigenvalue weighted by Crippen LogP contribution is -2.33. The molecule has 0 bridgehead atoms. The van der Waals surface area contributed by atoms with Crippen LogP contribution in [0.4, 0.5) is 0 Å². The minimum absolute atomic E-state index is 0.0619. The highest BCUT2D eigenvalue weighted by molar-refractivity contribution is 9.10. The van der Waals surface area contributed by atoms with Gasteiger partial charge in [0, 0.05) is 13.1 Å². The van der Waals surface area contributed by atoms with Crippen LogP contribution in [0.3, 0.4) is 0 Å². The Labute approximate surface area is 108 Å². The molecule has 0 aliphatic carbocycles. The minimum atomic E-state index is -0.917. The molecular formula is C11H14BrNO4. The smallest absolute Gasteiger partial charge is 0.305 e. The van der Waals surface area contributed by atoms with Gasteiger partial charge >= 0.3 is 5.97 Å². The second kappa shape index (κ2) is 6.44. The number of carboxylic acid groups (broad SMARTS) is 1. The Morgan fingerprint density at radius 2 is 2.12 bits per heavy atom. The van der Waals surface area contributed by atoms with Crippen molar-refractivity contribution in [2.75, 3.05) is 13.1 Å². The van der Waals surface area contributed by atoms with E-state index in [1.807, 2.05) is 6.92 Å². The lowest BCUT2D eigenvalue weighted by molar-refractivity contribution is -0.137. The molecule has 0 spiro atoms. The van der Waals surface area contributed by atoms with Crippen molar-refractivity contribution in [3.8, 4) is 0 Å². The fraction of sp³-hybridized carbons (Fsp3) is 0.455. The van der Waals surface area contributed by atoms with Crippen molar-refractivity contribution in [2.24, 2.45) is 0 Å². The molecule has 0 saturated heterocycles. The fourth-order valence-electron chi connectivity index (χ4n) is 1.40. The zero-order valence-electron chi connectivity index (χ0n) is 9.48. The molecule has 5 nitrogen and oxygen atoms in total. The van der Waals surface area contributed by atoms with Gasteiger partial charge in [0.15, 0.2) is 10.4 Å². The number of halogens is 1. The van der Waals surface area contributed by atoms with E-state index in [2.05, 4.69) is 15.9 Å². The van der Waals surface area contributed by atoms with Gasteiger partial charge < -0.3 is 14.4 Å². The topological polar surface area (TPSA) is 70.8 Å². The Morgan fingerprint density at radius 3 is 2.59 bits per heavy atom. The summed E-state index contributed by atoms with van der Waals surface area (Å²) in [5.74, 6) is -0.978. The first kappa shape index (κ1) is 13.8. The predicted molar refractivity (Wildman–Crippen MR) is 64.9 cm³/mol. The average Bonchev–Trinajstić information content (AvgIpc) is 2.70. The van der Waals surface area contributed by atoms with Gasteiger partial charge in [-0.3, -0.25) is 9.59 Å². The number of amides is 1. The number of hydrogen-bond acceptors (Lipinski definition) is 3. The quantitative estimate of drug-likeness (QED) is 0.876. The van der Waals surface area contributed by atoms with Gasteiger partial charge in [0.1, 0.15) is 0 Å². The molecule has 1 heterocycles. The van der Waals surface area contributed by atoms with Crippen LogP contribution in [0.15, 0.2) is 21.2 Å². The second-order valence-electron chi connectivity index (χ2n) is 3.54. The number of carbonyl (C=O) groups is 2. The number of hydrogen-bond donors (Lipinski definition) is 1. The second-order valence-corrected chi connectivity index (χ2v) is 4.32. The van der Waals surface area contributed by atoms with Crippen LogP contribution in [0.1, 0.15) is 30.3 Å². The van der Waals surface area contributed by atoms with Crippen LogP contribution < -0.4 is 0 Å². The van der Waals surface area contributed by atoms with Crippen molar-refractivity contribution < 1.29 is 19.1 Å². The van der Waals surface area contributed by atoms with Gasteiger partial charge in [-0.25, -0.2) is 0 Å². The van der Waals surface area contributed by atoms with Crippen molar-refractivity contribution in [3.05, 3.63) is 22.6 Å². The van der Waals surface area contributed by atoms with E-state index in [-0.39, 0.29) is 24.6 Å². The number of furan rings is 1. The number of nitrogens with zero attached hydrogens (tertiary/aromatic N) is 1. The molecule has 0 atom stereocenters. The standard InChI is InChI=1S/C11H14BrNO4/c1-2-6-13(7-5-10(14)15)11(16)8-3-4-9(12)17-8/h3-4H,2,5-7H2,1H3,(H,14,15). The van der Waals surface area contributed by atoms with Crippen LogP contribution in [0, 0.1) is 0 Å². The van der Waals surface area contributed by atoms with Gasteiger partial charge in [-0.1, -0.05) is 6.92 Å². The van der Waals surface area contributed by atoms with Crippen LogP contribution in [0.2, 0.25) is 0 Å². The van der Waals surface area contributed by atoms with Crippen molar-refractivity contribution >= 4 is 27.8 Å². The van der Waals surface area contributed by atoms with Crippen molar-refractivity contribution in [3.63, 3.8) is 0 Å². The SMILES string of the molecule is CCCN(CCC(=O)O)C(=O)c1ccc(Br)o1. The van der Waals surface area contributed by atoms with Crippen molar-refractivity contribution in [1.29, 1.82) is 0 Å². The zero-order valence-corrected chi connectivity index (χ0v) is 11.1. The number of rotatable bonds is 6. The first-order valence-electron chi connectivity index (χ1n) is 5.31. The van der Waals surface area contributed by atoms with Gasteiger partial charge in [-0.05, 0) is 34.5 Å². The Kier molecular flexibility index (Phi) is 5.21. The molecule has 0 unspecified atom stereocenters. The highest BCUT2D eigenvalue weighted by Crippen LogP contribution is 2.16. The molecule has 1 amide bonds. The molecule has 17 heavy (non-hydrogen) atoms. The van der Waals surface area contributed by atoms with E-state index in [9.17, 15) is 9.59 Å². The Morgan fingerprint density at radius 1 is 1.41 bits per heavy atom. The Hall–Kier alpha value is -1.30. The van der Waals surface area contributed by atoms with Gasteiger partial charge in [0.05, 0.1) is 6.42 Å². The van der Waals surface area contributed by atoms with E-state index in [0.29, 0.717) is 11.2 Å². The average molecular weight is 304 g/mol. The van der Waals surface area contributed by atoms with Crippen LogP contribution in [0.25, 0.3) is 0 Å². The summed E-state index contributed by atoms with van der Waals surface area (Å²) in [6.07, 6.45) is 0.709. The third kappa shape index (κ3) is 4.22. The summed E-state index contributed by atoms with van der Waals surface area (Å²) in [6.45, 7) is 2.64. The van der Waals surface area contributed by atoms with Crippen LogP contribution in [-0.4, -0.2) is 35.0 Å². The molecule has 0 aromatic carbocycles. The predicted octanol–water partition coefficient (Wildman–Crippen LogP) is 2.37. The highest BCUT2D eigenvalue weighted by Gasteiger charge is 2.18. The molecule has 1 aromatic heterocycles. The van der Waals surface area contributed by atoms with E-state index in [4.69, 9.17) is 9.52 Å². The molecule has 1 N–H and O–H groups in total. The summed E-state index contributed by atoms with van der Waals surface area (Å²) in [6, 6.07) is 3.20. The third-order valence-electron chi connectivity index (χ3n) is 2.16. The van der Waals surface area contributed by atoms with E-state index in [1.54, 1.807) is 12.1 Å². The van der Waals surface area contributed by atoms with Gasteiger partial charge in [0.2, 0.25) is 0 Å². The summed E-state index contributed by atoms with van der Waals surface area (Å²) < 4.78 is 5.64. The summed E-state index contributed by atoms with van der Waals surface area (Å²) >= 11 is 3.12. The number of aliphatic carboxylic acids is 1. The third-order valence-corrected chi connectivity index (χ3v) is 2.59. The number of carbonyl (C=O) groups excluding carboxylic acids is 1. The van der Waals surface area contributed by atoms with Gasteiger partial charge in [-0.2, -0.15) is 0 Å². The van der Waals surface area contributed by atoms with Gasteiger partial charge in [-0.15, -0.1) is 0 Å². The highest BCUT2D eigenvalue weighted by atomic mass is 79.9. The Balaban J connectivity index is 2.69. The first-order valence-corrected chi connectivity index (χ1v) is 6.10. The molecule has 1 rings (SSSR count). The molecule has 0 fully saturated rings.